The van der Waals surface area contributed by atoms with E-state index in [-0.39, 0.29) is 0 Å². The van der Waals surface area contributed by atoms with Gasteiger partial charge >= 0.3 is 0 Å². The first kappa shape index (κ1) is 12.7. The Hall–Kier alpha value is -1.76. The fourth-order valence-corrected chi connectivity index (χ4v) is 2.29. The Morgan fingerprint density at radius 1 is 1.06 bits per heavy atom. The molecule has 1 nitrogen and oxygen atoms in total. The number of anilines is 1. The van der Waals surface area contributed by atoms with Crippen LogP contribution in [0.3, 0.4) is 0 Å². The molecule has 0 aromatic heterocycles. The first-order valence-corrected chi connectivity index (χ1v) is 6.51. The van der Waals surface area contributed by atoms with Crippen LogP contribution in [0.5, 0.6) is 0 Å². The van der Waals surface area contributed by atoms with Crippen molar-refractivity contribution in [2.45, 2.75) is 27.2 Å². The van der Waals surface area contributed by atoms with Gasteiger partial charge in [-0.15, -0.1) is 0 Å². The fraction of sp³-hybridized carbons (Fsp3) is 0.294. The third-order valence-electron chi connectivity index (χ3n) is 3.14. The highest BCUT2D eigenvalue weighted by Crippen LogP contribution is 2.26. The van der Waals surface area contributed by atoms with Gasteiger partial charge in [-0.2, -0.15) is 0 Å². The number of aryl methyl sites for hydroxylation is 1. The largest absolute Gasteiger partial charge is 0.399 e. The quantitative estimate of drug-likeness (QED) is 0.787. The monoisotopic (exact) mass is 239 g/mol. The van der Waals surface area contributed by atoms with E-state index >= 15 is 0 Å². The van der Waals surface area contributed by atoms with Crippen molar-refractivity contribution < 1.29 is 0 Å². The number of hydrogen-bond donors (Lipinski definition) is 1. The standard InChI is InChI=1S/C17H21N/c1-12(2)9-14-5-4-6-15(10-14)17-11-16(18)8-7-13(17)3/h4-8,10-12H,9,18H2,1-3H3. The Morgan fingerprint density at radius 3 is 2.56 bits per heavy atom. The molecule has 0 heterocycles. The number of nitrogen functional groups attached to an aromatic ring is 1. The third-order valence-corrected chi connectivity index (χ3v) is 3.14. The highest BCUT2D eigenvalue weighted by atomic mass is 14.5. The van der Waals surface area contributed by atoms with Crippen LogP contribution in [0.4, 0.5) is 5.69 Å². The van der Waals surface area contributed by atoms with E-state index in [9.17, 15) is 0 Å². The van der Waals surface area contributed by atoms with Crippen LogP contribution in [-0.2, 0) is 6.42 Å². The molecule has 2 aromatic rings. The Kier molecular flexibility index (Phi) is 3.71. The molecule has 18 heavy (non-hydrogen) atoms. The normalized spacial score (nSPS) is 10.9. The predicted octanol–water partition coefficient (Wildman–Crippen LogP) is 4.44. The van der Waals surface area contributed by atoms with E-state index in [1.54, 1.807) is 0 Å². The summed E-state index contributed by atoms with van der Waals surface area (Å²) in [6.07, 6.45) is 1.12. The molecular weight excluding hydrogens is 218 g/mol. The smallest absolute Gasteiger partial charge is 0.0320 e. The zero-order valence-electron chi connectivity index (χ0n) is 11.4. The van der Waals surface area contributed by atoms with E-state index in [0.717, 1.165) is 12.1 Å². The first-order chi connectivity index (χ1) is 8.56. The zero-order chi connectivity index (χ0) is 13.1. The lowest BCUT2D eigenvalue weighted by Gasteiger charge is -2.10. The molecule has 0 fully saturated rings. The summed E-state index contributed by atoms with van der Waals surface area (Å²) in [5.74, 6) is 0.683. The lowest BCUT2D eigenvalue weighted by Crippen LogP contribution is -1.95. The number of benzene rings is 2. The van der Waals surface area contributed by atoms with Gasteiger partial charge in [0, 0.05) is 5.69 Å². The molecule has 94 valence electrons. The number of hydrogen-bond acceptors (Lipinski definition) is 1. The summed E-state index contributed by atoms with van der Waals surface area (Å²) in [5.41, 5.74) is 11.9. The predicted molar refractivity (Wildman–Crippen MR) is 79.6 cm³/mol. The van der Waals surface area contributed by atoms with Gasteiger partial charge in [-0.25, -0.2) is 0 Å². The number of rotatable bonds is 3. The minimum absolute atomic E-state index is 0.683. The summed E-state index contributed by atoms with van der Waals surface area (Å²) in [5, 5.41) is 0. The van der Waals surface area contributed by atoms with Crippen LogP contribution in [0.25, 0.3) is 11.1 Å². The summed E-state index contributed by atoms with van der Waals surface area (Å²) < 4.78 is 0. The summed E-state index contributed by atoms with van der Waals surface area (Å²) in [7, 11) is 0. The molecule has 0 aliphatic rings. The molecular formula is C17H21N. The maximum absolute atomic E-state index is 5.88. The maximum atomic E-state index is 5.88. The van der Waals surface area contributed by atoms with Crippen molar-refractivity contribution in [2.24, 2.45) is 5.92 Å². The molecule has 0 aliphatic heterocycles. The van der Waals surface area contributed by atoms with Crippen molar-refractivity contribution in [2.75, 3.05) is 5.73 Å². The Bertz CT molecular complexity index is 541. The minimum atomic E-state index is 0.683. The van der Waals surface area contributed by atoms with Crippen molar-refractivity contribution in [1.82, 2.24) is 0 Å². The molecule has 2 N–H and O–H groups in total. The third kappa shape index (κ3) is 2.92. The summed E-state index contributed by atoms with van der Waals surface area (Å²) in [4.78, 5) is 0. The summed E-state index contributed by atoms with van der Waals surface area (Å²) in [6, 6.07) is 14.9. The molecule has 0 saturated carbocycles. The van der Waals surface area contributed by atoms with Gasteiger partial charge in [0.2, 0.25) is 0 Å². The molecule has 0 bridgehead atoms. The van der Waals surface area contributed by atoms with Crippen LogP contribution >= 0.6 is 0 Å². The van der Waals surface area contributed by atoms with Crippen LogP contribution in [-0.4, -0.2) is 0 Å². The molecule has 2 rings (SSSR count). The van der Waals surface area contributed by atoms with Crippen molar-refractivity contribution in [3.8, 4) is 11.1 Å². The van der Waals surface area contributed by atoms with Crippen LogP contribution in [0.1, 0.15) is 25.0 Å². The van der Waals surface area contributed by atoms with E-state index in [4.69, 9.17) is 5.73 Å². The highest BCUT2D eigenvalue weighted by molar-refractivity contribution is 5.71. The van der Waals surface area contributed by atoms with E-state index < -0.39 is 0 Å². The molecule has 0 unspecified atom stereocenters. The van der Waals surface area contributed by atoms with Crippen molar-refractivity contribution >= 4 is 5.69 Å². The number of nitrogens with two attached hydrogens (primary N) is 1. The van der Waals surface area contributed by atoms with Crippen LogP contribution in [0.2, 0.25) is 0 Å². The SMILES string of the molecule is Cc1ccc(N)cc1-c1cccc(CC(C)C)c1. The second kappa shape index (κ2) is 5.26. The molecule has 0 amide bonds. The van der Waals surface area contributed by atoms with Gasteiger partial charge in [0.05, 0.1) is 0 Å². The van der Waals surface area contributed by atoms with Gasteiger partial charge in [0.25, 0.3) is 0 Å². The molecule has 0 radical (unpaired) electrons. The summed E-state index contributed by atoms with van der Waals surface area (Å²) >= 11 is 0. The van der Waals surface area contributed by atoms with Crippen molar-refractivity contribution in [3.63, 3.8) is 0 Å². The lowest BCUT2D eigenvalue weighted by molar-refractivity contribution is 0.647. The second-order valence-electron chi connectivity index (χ2n) is 5.37. The topological polar surface area (TPSA) is 26.0 Å². The van der Waals surface area contributed by atoms with E-state index in [2.05, 4.69) is 57.2 Å². The van der Waals surface area contributed by atoms with Crippen molar-refractivity contribution in [1.29, 1.82) is 0 Å². The zero-order valence-corrected chi connectivity index (χ0v) is 11.4. The van der Waals surface area contributed by atoms with Gasteiger partial charge in [0.15, 0.2) is 0 Å². The van der Waals surface area contributed by atoms with E-state index in [1.807, 2.05) is 6.07 Å². The average molecular weight is 239 g/mol. The molecule has 0 atom stereocenters. The van der Waals surface area contributed by atoms with Gasteiger partial charge in [0.1, 0.15) is 0 Å². The maximum Gasteiger partial charge on any atom is 0.0320 e. The van der Waals surface area contributed by atoms with Crippen molar-refractivity contribution in [3.05, 3.63) is 53.6 Å². The molecule has 0 aliphatic carbocycles. The highest BCUT2D eigenvalue weighted by Gasteiger charge is 2.04. The van der Waals surface area contributed by atoms with Crippen LogP contribution < -0.4 is 5.73 Å². The minimum Gasteiger partial charge on any atom is -0.399 e. The van der Waals surface area contributed by atoms with Crippen LogP contribution in [0.15, 0.2) is 42.5 Å². The van der Waals surface area contributed by atoms with Crippen LogP contribution in [0, 0.1) is 12.8 Å². The average Bonchev–Trinajstić information content (AvgIpc) is 2.32. The van der Waals surface area contributed by atoms with Gasteiger partial charge in [-0.05, 0) is 53.6 Å². The summed E-state index contributed by atoms with van der Waals surface area (Å²) in [6.45, 7) is 6.63. The van der Waals surface area contributed by atoms with E-state index in [1.165, 1.54) is 22.3 Å². The molecule has 1 heteroatoms. The Balaban J connectivity index is 2.41. The van der Waals surface area contributed by atoms with Gasteiger partial charge < -0.3 is 5.73 Å². The Labute approximate surface area is 110 Å². The van der Waals surface area contributed by atoms with Gasteiger partial charge in [-0.1, -0.05) is 44.2 Å². The molecule has 0 saturated heterocycles. The fourth-order valence-electron chi connectivity index (χ4n) is 2.29. The Morgan fingerprint density at radius 2 is 1.83 bits per heavy atom. The van der Waals surface area contributed by atoms with Gasteiger partial charge in [-0.3, -0.25) is 0 Å². The molecule has 0 spiro atoms. The first-order valence-electron chi connectivity index (χ1n) is 6.51. The second-order valence-corrected chi connectivity index (χ2v) is 5.37. The lowest BCUT2D eigenvalue weighted by atomic mass is 9.95. The molecule has 2 aromatic carbocycles. The van der Waals surface area contributed by atoms with E-state index in [0.29, 0.717) is 5.92 Å².